The van der Waals surface area contributed by atoms with Gasteiger partial charge in [-0.3, -0.25) is 19.4 Å². The van der Waals surface area contributed by atoms with Gasteiger partial charge in [-0.1, -0.05) is 31.9 Å². The predicted octanol–water partition coefficient (Wildman–Crippen LogP) is 1.12. The summed E-state index contributed by atoms with van der Waals surface area (Å²) in [5, 5.41) is 3.00. The van der Waals surface area contributed by atoms with E-state index in [0.717, 1.165) is 25.9 Å². The van der Waals surface area contributed by atoms with Crippen molar-refractivity contribution in [3.63, 3.8) is 0 Å². The van der Waals surface area contributed by atoms with E-state index in [0.29, 0.717) is 31.7 Å². The van der Waals surface area contributed by atoms with Gasteiger partial charge in [0.2, 0.25) is 5.91 Å². The SMILES string of the molecule is CCCCC(N=C1NS(=O)(=O)c2ccccc21)C(=O)NCC(C)N1CCOCC1. The molecule has 0 radical (unpaired) electrons. The van der Waals surface area contributed by atoms with Crippen LogP contribution in [0, 0.1) is 0 Å². The summed E-state index contributed by atoms with van der Waals surface area (Å²) in [7, 11) is -3.62. The minimum atomic E-state index is -3.62. The molecule has 1 aromatic rings. The first-order valence-corrected chi connectivity index (χ1v) is 11.7. The van der Waals surface area contributed by atoms with Crippen LogP contribution < -0.4 is 10.0 Å². The molecule has 2 aliphatic heterocycles. The Morgan fingerprint density at radius 1 is 1.31 bits per heavy atom. The first kappa shape index (κ1) is 21.7. The molecule has 0 bridgehead atoms. The molecule has 2 atom stereocenters. The van der Waals surface area contributed by atoms with Crippen LogP contribution in [0.1, 0.15) is 38.7 Å². The molecule has 1 amide bonds. The zero-order valence-corrected chi connectivity index (χ0v) is 17.9. The monoisotopic (exact) mass is 422 g/mol. The molecule has 1 fully saturated rings. The zero-order chi connectivity index (χ0) is 20.9. The molecule has 1 saturated heterocycles. The number of sulfonamides is 1. The van der Waals surface area contributed by atoms with Gasteiger partial charge in [-0.15, -0.1) is 0 Å². The third-order valence-electron chi connectivity index (χ3n) is 5.32. The Morgan fingerprint density at radius 2 is 2.03 bits per heavy atom. The molecule has 0 spiro atoms. The van der Waals surface area contributed by atoms with Crippen molar-refractivity contribution in [2.75, 3.05) is 32.8 Å². The number of unbranched alkanes of at least 4 members (excludes halogenated alkanes) is 1. The molecule has 2 N–H and O–H groups in total. The summed E-state index contributed by atoms with van der Waals surface area (Å²) < 4.78 is 32.5. The Morgan fingerprint density at radius 3 is 2.76 bits per heavy atom. The Labute approximate surface area is 172 Å². The summed E-state index contributed by atoms with van der Waals surface area (Å²) >= 11 is 0. The lowest BCUT2D eigenvalue weighted by Gasteiger charge is -2.32. The van der Waals surface area contributed by atoms with Crippen LogP contribution in [0.4, 0.5) is 0 Å². The molecule has 29 heavy (non-hydrogen) atoms. The van der Waals surface area contributed by atoms with Crippen LogP contribution in [0.15, 0.2) is 34.2 Å². The van der Waals surface area contributed by atoms with E-state index in [1.807, 2.05) is 0 Å². The average Bonchev–Trinajstić information content (AvgIpc) is 3.00. The van der Waals surface area contributed by atoms with Crippen LogP contribution in [-0.4, -0.2) is 70.0 Å². The maximum absolute atomic E-state index is 12.9. The summed E-state index contributed by atoms with van der Waals surface area (Å²) in [4.78, 5) is 19.9. The predicted molar refractivity (Wildman–Crippen MR) is 111 cm³/mol. The van der Waals surface area contributed by atoms with E-state index in [2.05, 4.69) is 33.8 Å². The molecule has 2 heterocycles. The topological polar surface area (TPSA) is 100 Å². The maximum Gasteiger partial charge on any atom is 0.263 e. The van der Waals surface area contributed by atoms with Gasteiger partial charge in [-0.2, -0.15) is 0 Å². The number of hydrogen-bond donors (Lipinski definition) is 2. The number of rotatable bonds is 8. The van der Waals surface area contributed by atoms with Gasteiger partial charge < -0.3 is 10.1 Å². The fraction of sp³-hybridized carbons (Fsp3) is 0.600. The van der Waals surface area contributed by atoms with Crippen LogP contribution in [0.3, 0.4) is 0 Å². The summed E-state index contributed by atoms with van der Waals surface area (Å²) in [5.41, 5.74) is 0.517. The van der Waals surface area contributed by atoms with Gasteiger partial charge >= 0.3 is 0 Å². The minimum Gasteiger partial charge on any atom is -0.379 e. The molecule has 0 aliphatic carbocycles. The molecule has 2 unspecified atom stereocenters. The molecule has 0 saturated carbocycles. The van der Waals surface area contributed by atoms with E-state index in [1.165, 1.54) is 0 Å². The number of nitrogens with one attached hydrogen (secondary N) is 2. The molecule has 160 valence electrons. The number of aliphatic imine (C=N–C) groups is 1. The van der Waals surface area contributed by atoms with Crippen LogP contribution in [-0.2, 0) is 19.6 Å². The van der Waals surface area contributed by atoms with Gasteiger partial charge in [0.05, 0.1) is 18.1 Å². The molecule has 9 heteroatoms. The smallest absolute Gasteiger partial charge is 0.263 e. The number of morpholine rings is 1. The summed E-state index contributed by atoms with van der Waals surface area (Å²) in [5.74, 6) is 0.0766. The largest absolute Gasteiger partial charge is 0.379 e. The second-order valence-electron chi connectivity index (χ2n) is 7.48. The lowest BCUT2D eigenvalue weighted by atomic mass is 10.1. The van der Waals surface area contributed by atoms with Crippen molar-refractivity contribution in [3.8, 4) is 0 Å². The second kappa shape index (κ2) is 9.69. The number of nitrogens with zero attached hydrogens (tertiary/aromatic N) is 2. The number of fused-ring (bicyclic) bond motifs is 1. The molecular formula is C20H30N4O4S. The number of amidine groups is 1. The van der Waals surface area contributed by atoms with Crippen molar-refractivity contribution in [1.29, 1.82) is 0 Å². The van der Waals surface area contributed by atoms with Crippen molar-refractivity contribution >= 4 is 21.8 Å². The maximum atomic E-state index is 12.9. The van der Waals surface area contributed by atoms with Gasteiger partial charge in [0.1, 0.15) is 11.9 Å². The number of hydrogen-bond acceptors (Lipinski definition) is 6. The van der Waals surface area contributed by atoms with Crippen LogP contribution in [0.5, 0.6) is 0 Å². The van der Waals surface area contributed by atoms with E-state index in [9.17, 15) is 13.2 Å². The van der Waals surface area contributed by atoms with Crippen LogP contribution in [0.2, 0.25) is 0 Å². The summed E-state index contributed by atoms with van der Waals surface area (Å²) in [6.45, 7) is 7.80. The standard InChI is InChI=1S/C20H30N4O4S/c1-3-4-8-17(20(25)21-14-15(2)24-10-12-28-13-11-24)22-19-16-7-5-6-9-18(16)29(26,27)23-19/h5-7,9,15,17H,3-4,8,10-14H2,1-2H3,(H,21,25)(H,22,23). The normalized spacial score (nSPS) is 21.9. The lowest BCUT2D eigenvalue weighted by Crippen LogP contribution is -2.48. The molecule has 0 aromatic heterocycles. The van der Waals surface area contributed by atoms with Gasteiger partial charge in [-0.05, 0) is 25.5 Å². The number of ether oxygens (including phenoxy) is 1. The second-order valence-corrected chi connectivity index (χ2v) is 9.13. The molecule has 8 nitrogen and oxygen atoms in total. The number of carbonyl (C=O) groups excluding carboxylic acids is 1. The van der Waals surface area contributed by atoms with Crippen molar-refractivity contribution in [2.45, 2.75) is 50.1 Å². The van der Waals surface area contributed by atoms with Crippen LogP contribution in [0.25, 0.3) is 0 Å². The van der Waals surface area contributed by atoms with E-state index >= 15 is 0 Å². The number of benzene rings is 1. The van der Waals surface area contributed by atoms with Gasteiger partial charge in [-0.25, -0.2) is 8.42 Å². The minimum absolute atomic E-state index is 0.172. The highest BCUT2D eigenvalue weighted by Gasteiger charge is 2.32. The Balaban J connectivity index is 1.71. The highest BCUT2D eigenvalue weighted by atomic mass is 32.2. The molecule has 2 aliphatic rings. The summed E-state index contributed by atoms with van der Waals surface area (Å²) in [6.07, 6.45) is 2.34. The van der Waals surface area contributed by atoms with Crippen molar-refractivity contribution < 1.29 is 17.9 Å². The highest BCUT2D eigenvalue weighted by molar-refractivity contribution is 7.90. The molecule has 3 rings (SSSR count). The number of carbonyl (C=O) groups is 1. The van der Waals surface area contributed by atoms with Gasteiger partial charge in [0.25, 0.3) is 10.0 Å². The fourth-order valence-electron chi connectivity index (χ4n) is 3.55. The van der Waals surface area contributed by atoms with Crippen LogP contribution >= 0.6 is 0 Å². The van der Waals surface area contributed by atoms with E-state index < -0.39 is 16.1 Å². The van der Waals surface area contributed by atoms with E-state index in [4.69, 9.17) is 4.74 Å². The van der Waals surface area contributed by atoms with Gasteiger partial charge in [0, 0.05) is 31.2 Å². The van der Waals surface area contributed by atoms with Crippen molar-refractivity contribution in [2.24, 2.45) is 4.99 Å². The van der Waals surface area contributed by atoms with E-state index in [-0.39, 0.29) is 22.7 Å². The Hall–Kier alpha value is -1.97. The van der Waals surface area contributed by atoms with Gasteiger partial charge in [0.15, 0.2) is 0 Å². The van der Waals surface area contributed by atoms with E-state index in [1.54, 1.807) is 24.3 Å². The van der Waals surface area contributed by atoms with Crippen molar-refractivity contribution in [1.82, 2.24) is 14.9 Å². The first-order valence-electron chi connectivity index (χ1n) is 10.2. The lowest BCUT2D eigenvalue weighted by molar-refractivity contribution is -0.122. The molecule has 1 aromatic carbocycles. The Bertz CT molecular complexity index is 850. The van der Waals surface area contributed by atoms with Crippen molar-refractivity contribution in [3.05, 3.63) is 29.8 Å². The number of amides is 1. The Kier molecular flexibility index (Phi) is 7.26. The average molecular weight is 423 g/mol. The first-order chi connectivity index (χ1) is 13.9. The highest BCUT2D eigenvalue weighted by Crippen LogP contribution is 2.23. The third-order valence-corrected chi connectivity index (χ3v) is 6.72. The molecular weight excluding hydrogens is 392 g/mol. The third kappa shape index (κ3) is 5.34. The summed E-state index contributed by atoms with van der Waals surface area (Å²) in [6, 6.07) is 6.27. The zero-order valence-electron chi connectivity index (χ0n) is 17.1. The quantitative estimate of drug-likeness (QED) is 0.654. The fourth-order valence-corrected chi connectivity index (χ4v) is 4.79.